The molecule has 6 nitrogen and oxygen atoms in total. The molecule has 0 saturated heterocycles. The Labute approximate surface area is 136 Å². The molecule has 0 spiro atoms. The van der Waals surface area contributed by atoms with Gasteiger partial charge in [0.2, 0.25) is 0 Å². The van der Waals surface area contributed by atoms with Crippen LogP contribution >= 0.6 is 0 Å². The lowest BCUT2D eigenvalue weighted by Crippen LogP contribution is -2.51. The average molecular weight is 317 g/mol. The van der Waals surface area contributed by atoms with E-state index >= 15 is 0 Å². The van der Waals surface area contributed by atoms with Gasteiger partial charge < -0.3 is 15.2 Å². The maximum absolute atomic E-state index is 12.6. The summed E-state index contributed by atoms with van der Waals surface area (Å²) >= 11 is 0. The zero-order chi connectivity index (χ0) is 17.5. The lowest BCUT2D eigenvalue weighted by atomic mass is 10.0. The number of esters is 1. The van der Waals surface area contributed by atoms with Crippen molar-refractivity contribution in [1.29, 1.82) is 0 Å². The van der Waals surface area contributed by atoms with E-state index in [1.54, 1.807) is 6.92 Å². The molecule has 0 aromatic heterocycles. The van der Waals surface area contributed by atoms with Crippen LogP contribution in [0.5, 0.6) is 0 Å². The number of ether oxygens (including phenoxy) is 1. The number of nitrogens with zero attached hydrogens (tertiary/aromatic N) is 3. The number of carbonyl (C=O) groups excluding carboxylic acids is 2. The van der Waals surface area contributed by atoms with Crippen LogP contribution in [0.2, 0.25) is 0 Å². The smallest absolute Gasteiger partial charge is 0.457 e. The van der Waals surface area contributed by atoms with Crippen molar-refractivity contribution in [1.82, 2.24) is 4.90 Å². The van der Waals surface area contributed by atoms with Crippen LogP contribution in [0, 0.1) is 0 Å². The van der Waals surface area contributed by atoms with Gasteiger partial charge in [-0.05, 0) is 39.7 Å². The van der Waals surface area contributed by atoms with Gasteiger partial charge in [0, 0.05) is 12.1 Å². The molecule has 0 aliphatic rings. The van der Waals surface area contributed by atoms with Crippen LogP contribution in [0.25, 0.3) is 5.53 Å². The van der Waals surface area contributed by atoms with Gasteiger partial charge in [0.1, 0.15) is 0 Å². The third-order valence-corrected chi connectivity index (χ3v) is 3.29. The lowest BCUT2D eigenvalue weighted by molar-refractivity contribution is -0.145. The van der Waals surface area contributed by atoms with E-state index < -0.39 is 23.1 Å². The van der Waals surface area contributed by atoms with E-state index in [1.807, 2.05) is 51.1 Å². The van der Waals surface area contributed by atoms with Crippen LogP contribution in [0.15, 0.2) is 30.3 Å². The number of benzene rings is 1. The normalized spacial score (nSPS) is 10.6. The highest BCUT2D eigenvalue weighted by atomic mass is 16.5. The van der Waals surface area contributed by atoms with Gasteiger partial charge in [-0.1, -0.05) is 30.3 Å². The highest BCUT2D eigenvalue weighted by molar-refractivity contribution is 6.61. The standard InChI is InChI=1S/C17H23N3O3/c1-5-23-16(22)14(19-18)15(21)20(17(2,3)4)12-11-13-9-7-6-8-10-13/h6-10H,5,11-12H2,1-4H3. The van der Waals surface area contributed by atoms with Crippen LogP contribution in [0.4, 0.5) is 0 Å². The predicted molar refractivity (Wildman–Crippen MR) is 86.9 cm³/mol. The Balaban J connectivity index is 2.95. The van der Waals surface area contributed by atoms with Gasteiger partial charge >= 0.3 is 17.6 Å². The van der Waals surface area contributed by atoms with Gasteiger partial charge in [-0.3, -0.25) is 4.79 Å². The minimum Gasteiger partial charge on any atom is -0.457 e. The monoisotopic (exact) mass is 317 g/mol. The maximum atomic E-state index is 12.6. The second-order valence-corrected chi connectivity index (χ2v) is 6.03. The average Bonchev–Trinajstić information content (AvgIpc) is 2.48. The fraction of sp³-hybridized carbons (Fsp3) is 0.471. The minimum atomic E-state index is -0.922. The third-order valence-electron chi connectivity index (χ3n) is 3.29. The molecule has 1 aromatic rings. The first-order valence-electron chi connectivity index (χ1n) is 7.56. The molecule has 0 unspecified atom stereocenters. The first-order valence-corrected chi connectivity index (χ1v) is 7.56. The molecule has 1 amide bonds. The minimum absolute atomic E-state index is 0.102. The summed E-state index contributed by atoms with van der Waals surface area (Å²) in [6.45, 7) is 7.69. The van der Waals surface area contributed by atoms with E-state index in [2.05, 4.69) is 4.79 Å². The molecule has 0 heterocycles. The summed E-state index contributed by atoms with van der Waals surface area (Å²) in [5.41, 5.74) is 8.97. The molecule has 1 aromatic carbocycles. The first kappa shape index (κ1) is 18.6. The van der Waals surface area contributed by atoms with E-state index in [9.17, 15) is 9.59 Å². The molecular formula is C17H23N3O3. The highest BCUT2D eigenvalue weighted by Crippen LogP contribution is 2.15. The molecule has 0 fully saturated rings. The molecule has 23 heavy (non-hydrogen) atoms. The van der Waals surface area contributed by atoms with Crippen LogP contribution in [-0.2, 0) is 20.7 Å². The van der Waals surface area contributed by atoms with Crippen molar-refractivity contribution in [2.24, 2.45) is 0 Å². The van der Waals surface area contributed by atoms with Gasteiger partial charge in [-0.2, -0.15) is 4.79 Å². The molecule has 0 bridgehead atoms. The quantitative estimate of drug-likeness (QED) is 0.265. The second kappa shape index (κ2) is 8.25. The van der Waals surface area contributed by atoms with Gasteiger partial charge in [0.15, 0.2) is 0 Å². The van der Waals surface area contributed by atoms with Crippen molar-refractivity contribution in [3.8, 4) is 0 Å². The summed E-state index contributed by atoms with van der Waals surface area (Å²) in [5.74, 6) is -1.57. The van der Waals surface area contributed by atoms with Gasteiger partial charge in [-0.25, -0.2) is 4.79 Å². The maximum Gasteiger partial charge on any atom is 0.463 e. The molecular weight excluding hydrogens is 294 g/mol. The Morgan fingerprint density at radius 1 is 1.22 bits per heavy atom. The molecule has 0 atom stereocenters. The van der Waals surface area contributed by atoms with E-state index in [0.717, 1.165) is 5.56 Å². The van der Waals surface area contributed by atoms with Crippen molar-refractivity contribution >= 4 is 17.6 Å². The summed E-state index contributed by atoms with van der Waals surface area (Å²) in [7, 11) is 0. The molecule has 0 aliphatic heterocycles. The van der Waals surface area contributed by atoms with Crippen LogP contribution < -0.4 is 0 Å². The largest absolute Gasteiger partial charge is 0.463 e. The molecule has 0 N–H and O–H groups in total. The Morgan fingerprint density at radius 3 is 2.30 bits per heavy atom. The Morgan fingerprint density at radius 2 is 1.83 bits per heavy atom. The number of carbonyl (C=O) groups is 2. The predicted octanol–water partition coefficient (Wildman–Crippen LogP) is 2.09. The van der Waals surface area contributed by atoms with Gasteiger partial charge in [0.25, 0.3) is 0 Å². The zero-order valence-corrected chi connectivity index (χ0v) is 14.1. The van der Waals surface area contributed by atoms with Crippen molar-refractivity contribution in [3.63, 3.8) is 0 Å². The highest BCUT2D eigenvalue weighted by Gasteiger charge is 2.39. The van der Waals surface area contributed by atoms with E-state index in [-0.39, 0.29) is 6.61 Å². The Hall–Kier alpha value is -2.46. The summed E-state index contributed by atoms with van der Waals surface area (Å²) in [6.07, 6.45) is 0.630. The van der Waals surface area contributed by atoms with E-state index in [4.69, 9.17) is 10.3 Å². The summed E-state index contributed by atoms with van der Waals surface area (Å²) in [5, 5.41) is 0. The van der Waals surface area contributed by atoms with Crippen molar-refractivity contribution in [3.05, 3.63) is 41.4 Å². The van der Waals surface area contributed by atoms with E-state index in [0.29, 0.717) is 13.0 Å². The second-order valence-electron chi connectivity index (χ2n) is 6.03. The van der Waals surface area contributed by atoms with Crippen LogP contribution in [0.3, 0.4) is 0 Å². The first-order chi connectivity index (χ1) is 10.8. The van der Waals surface area contributed by atoms with Gasteiger partial charge in [0.05, 0.1) is 6.61 Å². The zero-order valence-electron chi connectivity index (χ0n) is 14.1. The fourth-order valence-corrected chi connectivity index (χ4v) is 2.13. The SMILES string of the molecule is CCOC(=O)C(=[N+]=[N-])C(=O)N(CCc1ccccc1)C(C)(C)C. The number of hydrogen-bond acceptors (Lipinski definition) is 3. The topological polar surface area (TPSA) is 83.0 Å². The molecule has 0 aliphatic carbocycles. The van der Waals surface area contributed by atoms with Gasteiger partial charge in [-0.15, -0.1) is 0 Å². The summed E-state index contributed by atoms with van der Waals surface area (Å²) < 4.78 is 4.76. The summed E-state index contributed by atoms with van der Waals surface area (Å²) in [4.78, 5) is 28.7. The molecule has 0 saturated carbocycles. The molecule has 6 heteroatoms. The number of rotatable bonds is 6. The van der Waals surface area contributed by atoms with Crippen LogP contribution in [0.1, 0.15) is 33.3 Å². The Bertz CT molecular complexity index is 599. The van der Waals surface area contributed by atoms with Crippen molar-refractivity contribution < 1.29 is 19.1 Å². The molecule has 1 rings (SSSR count). The summed E-state index contributed by atoms with van der Waals surface area (Å²) in [6, 6.07) is 9.72. The Kier molecular flexibility index (Phi) is 6.66. The number of hydrogen-bond donors (Lipinski definition) is 0. The van der Waals surface area contributed by atoms with Crippen LogP contribution in [-0.4, -0.2) is 46.0 Å². The molecule has 0 radical (unpaired) electrons. The van der Waals surface area contributed by atoms with E-state index in [1.165, 1.54) is 4.90 Å². The number of amides is 1. The van der Waals surface area contributed by atoms with Crippen molar-refractivity contribution in [2.75, 3.05) is 13.2 Å². The lowest BCUT2D eigenvalue weighted by Gasteiger charge is -2.34. The fourth-order valence-electron chi connectivity index (χ4n) is 2.13. The molecule has 124 valence electrons. The van der Waals surface area contributed by atoms with Crippen molar-refractivity contribution in [2.45, 2.75) is 39.7 Å². The third kappa shape index (κ3) is 5.34.